The normalized spacial score (nSPS) is 20.7. The van der Waals surface area contributed by atoms with E-state index in [1.807, 2.05) is 18.2 Å². The summed E-state index contributed by atoms with van der Waals surface area (Å²) in [5.41, 5.74) is 2.12. The van der Waals surface area contributed by atoms with Gasteiger partial charge in [0.15, 0.2) is 0 Å². The second-order valence-corrected chi connectivity index (χ2v) is 5.54. The number of anilines is 1. The maximum atomic E-state index is 11.7. The molecule has 1 N–H and O–H groups in total. The minimum Gasteiger partial charge on any atom is -0.481 e. The lowest BCUT2D eigenvalue weighted by Crippen LogP contribution is -2.42. The van der Waals surface area contributed by atoms with Crippen molar-refractivity contribution in [3.8, 4) is 0 Å². The van der Waals surface area contributed by atoms with Gasteiger partial charge in [-0.1, -0.05) is 18.6 Å². The SMILES string of the molecule is CN1C(=O)CCc2ccc(C3(C(=O)O)CCC3)cc21. The van der Waals surface area contributed by atoms with E-state index < -0.39 is 11.4 Å². The third-order valence-corrected chi connectivity index (χ3v) is 4.60. The lowest BCUT2D eigenvalue weighted by Gasteiger charge is -2.39. The summed E-state index contributed by atoms with van der Waals surface area (Å²) >= 11 is 0. The highest BCUT2D eigenvalue weighted by Gasteiger charge is 2.46. The summed E-state index contributed by atoms with van der Waals surface area (Å²) in [6.45, 7) is 0. The first kappa shape index (κ1) is 12.2. The summed E-state index contributed by atoms with van der Waals surface area (Å²) in [7, 11) is 1.76. The molecule has 4 heteroatoms. The molecule has 3 rings (SSSR count). The molecule has 0 radical (unpaired) electrons. The molecule has 1 saturated carbocycles. The Balaban J connectivity index is 2.06. The number of hydrogen-bond donors (Lipinski definition) is 1. The Morgan fingerprint density at radius 1 is 1.32 bits per heavy atom. The minimum absolute atomic E-state index is 0.0997. The fourth-order valence-corrected chi connectivity index (χ4v) is 3.09. The number of aliphatic carboxylic acids is 1. The van der Waals surface area contributed by atoms with E-state index in [1.165, 1.54) is 0 Å². The molecule has 1 fully saturated rings. The number of nitrogens with zero attached hydrogens (tertiary/aromatic N) is 1. The minimum atomic E-state index is -0.747. The van der Waals surface area contributed by atoms with Gasteiger partial charge in [-0.15, -0.1) is 0 Å². The van der Waals surface area contributed by atoms with Crippen LogP contribution < -0.4 is 4.90 Å². The number of carbonyl (C=O) groups is 2. The Labute approximate surface area is 112 Å². The quantitative estimate of drug-likeness (QED) is 0.884. The zero-order chi connectivity index (χ0) is 13.6. The van der Waals surface area contributed by atoms with Gasteiger partial charge in [-0.05, 0) is 36.5 Å². The summed E-state index contributed by atoms with van der Waals surface area (Å²) in [6.07, 6.45) is 3.63. The van der Waals surface area contributed by atoms with Crippen LogP contribution in [0.1, 0.15) is 36.8 Å². The molecule has 100 valence electrons. The van der Waals surface area contributed by atoms with Crippen molar-refractivity contribution in [3.63, 3.8) is 0 Å². The Morgan fingerprint density at radius 2 is 2.05 bits per heavy atom. The van der Waals surface area contributed by atoms with Crippen LogP contribution in [0.5, 0.6) is 0 Å². The largest absolute Gasteiger partial charge is 0.481 e. The molecule has 1 aliphatic carbocycles. The van der Waals surface area contributed by atoms with Gasteiger partial charge in [-0.3, -0.25) is 9.59 Å². The van der Waals surface area contributed by atoms with Gasteiger partial charge in [0, 0.05) is 19.2 Å². The van der Waals surface area contributed by atoms with Gasteiger partial charge >= 0.3 is 5.97 Å². The lowest BCUT2D eigenvalue weighted by atomic mass is 9.64. The molecule has 0 aromatic heterocycles. The van der Waals surface area contributed by atoms with Crippen molar-refractivity contribution >= 4 is 17.6 Å². The zero-order valence-corrected chi connectivity index (χ0v) is 11.0. The molecule has 0 unspecified atom stereocenters. The highest BCUT2D eigenvalue weighted by Crippen LogP contribution is 2.45. The molecule has 1 aromatic rings. The highest BCUT2D eigenvalue weighted by molar-refractivity contribution is 5.96. The average Bonchev–Trinajstić information content (AvgIpc) is 2.32. The van der Waals surface area contributed by atoms with E-state index in [1.54, 1.807) is 11.9 Å². The van der Waals surface area contributed by atoms with E-state index in [4.69, 9.17) is 0 Å². The van der Waals surface area contributed by atoms with Gasteiger partial charge in [0.05, 0.1) is 5.41 Å². The summed E-state index contributed by atoms with van der Waals surface area (Å²) in [5.74, 6) is -0.647. The Kier molecular flexibility index (Phi) is 2.62. The standard InChI is InChI=1S/C15H17NO3/c1-16-12-9-11(15(14(18)19)7-2-8-15)5-3-10(12)4-6-13(16)17/h3,5,9H,2,4,6-8H2,1H3,(H,18,19). The number of amides is 1. The van der Waals surface area contributed by atoms with Gasteiger partial charge in [-0.25, -0.2) is 0 Å². The van der Waals surface area contributed by atoms with E-state index in [2.05, 4.69) is 0 Å². The van der Waals surface area contributed by atoms with Crippen molar-refractivity contribution in [2.24, 2.45) is 0 Å². The molecule has 1 heterocycles. The van der Waals surface area contributed by atoms with Gasteiger partial charge in [-0.2, -0.15) is 0 Å². The zero-order valence-electron chi connectivity index (χ0n) is 11.0. The number of carboxylic acids is 1. The number of rotatable bonds is 2. The lowest BCUT2D eigenvalue weighted by molar-refractivity contribution is -0.147. The molecule has 1 aliphatic heterocycles. The molecular weight excluding hydrogens is 242 g/mol. The number of hydrogen-bond acceptors (Lipinski definition) is 2. The number of carbonyl (C=O) groups excluding carboxylic acids is 1. The van der Waals surface area contributed by atoms with E-state index in [0.29, 0.717) is 19.3 Å². The predicted octanol–water partition coefficient (Wildman–Crippen LogP) is 2.10. The first-order valence-electron chi connectivity index (χ1n) is 6.68. The molecule has 0 bridgehead atoms. The van der Waals surface area contributed by atoms with Gasteiger partial charge in [0.1, 0.15) is 0 Å². The monoisotopic (exact) mass is 259 g/mol. The van der Waals surface area contributed by atoms with Gasteiger partial charge in [0.25, 0.3) is 0 Å². The van der Waals surface area contributed by atoms with Crippen LogP contribution in [0.2, 0.25) is 0 Å². The molecule has 4 nitrogen and oxygen atoms in total. The third kappa shape index (κ3) is 1.66. The Bertz CT molecular complexity index is 561. The third-order valence-electron chi connectivity index (χ3n) is 4.60. The summed E-state index contributed by atoms with van der Waals surface area (Å²) in [5, 5.41) is 9.48. The molecule has 0 atom stereocenters. The number of benzene rings is 1. The smallest absolute Gasteiger partial charge is 0.314 e. The van der Waals surface area contributed by atoms with Crippen LogP contribution >= 0.6 is 0 Å². The van der Waals surface area contributed by atoms with Crippen LogP contribution in [-0.2, 0) is 21.4 Å². The van der Waals surface area contributed by atoms with E-state index in [0.717, 1.165) is 29.7 Å². The molecule has 1 amide bonds. The van der Waals surface area contributed by atoms with E-state index in [-0.39, 0.29) is 5.91 Å². The molecule has 0 saturated heterocycles. The predicted molar refractivity (Wildman–Crippen MR) is 71.3 cm³/mol. The van der Waals surface area contributed by atoms with Crippen LogP contribution in [0.3, 0.4) is 0 Å². The second-order valence-electron chi connectivity index (χ2n) is 5.54. The van der Waals surface area contributed by atoms with Crippen LogP contribution in [-0.4, -0.2) is 24.0 Å². The summed E-state index contributed by atoms with van der Waals surface area (Å²) in [6, 6.07) is 5.81. The number of fused-ring (bicyclic) bond motifs is 1. The van der Waals surface area contributed by atoms with Crippen LogP contribution in [0.4, 0.5) is 5.69 Å². The Hall–Kier alpha value is -1.84. The van der Waals surface area contributed by atoms with E-state index >= 15 is 0 Å². The van der Waals surface area contributed by atoms with Crippen molar-refractivity contribution in [1.29, 1.82) is 0 Å². The Morgan fingerprint density at radius 3 is 2.63 bits per heavy atom. The maximum absolute atomic E-state index is 11.7. The molecule has 1 aromatic carbocycles. The van der Waals surface area contributed by atoms with Crippen LogP contribution in [0.25, 0.3) is 0 Å². The van der Waals surface area contributed by atoms with Crippen LogP contribution in [0, 0.1) is 0 Å². The van der Waals surface area contributed by atoms with E-state index in [9.17, 15) is 14.7 Å². The topological polar surface area (TPSA) is 57.6 Å². The first-order chi connectivity index (χ1) is 9.04. The fraction of sp³-hybridized carbons (Fsp3) is 0.467. The highest BCUT2D eigenvalue weighted by atomic mass is 16.4. The first-order valence-corrected chi connectivity index (χ1v) is 6.68. The molecule has 19 heavy (non-hydrogen) atoms. The molecular formula is C15H17NO3. The maximum Gasteiger partial charge on any atom is 0.314 e. The molecule has 2 aliphatic rings. The van der Waals surface area contributed by atoms with Crippen molar-refractivity contribution in [1.82, 2.24) is 0 Å². The van der Waals surface area contributed by atoms with Crippen molar-refractivity contribution in [2.75, 3.05) is 11.9 Å². The van der Waals surface area contributed by atoms with Crippen molar-refractivity contribution < 1.29 is 14.7 Å². The van der Waals surface area contributed by atoms with Crippen molar-refractivity contribution in [2.45, 2.75) is 37.5 Å². The average molecular weight is 259 g/mol. The number of aryl methyl sites for hydroxylation is 1. The van der Waals surface area contributed by atoms with Crippen molar-refractivity contribution in [3.05, 3.63) is 29.3 Å². The fourth-order valence-electron chi connectivity index (χ4n) is 3.09. The second kappa shape index (κ2) is 4.08. The van der Waals surface area contributed by atoms with Gasteiger partial charge in [0.2, 0.25) is 5.91 Å². The van der Waals surface area contributed by atoms with Crippen LogP contribution in [0.15, 0.2) is 18.2 Å². The molecule has 0 spiro atoms. The number of carboxylic acid groups (broad SMARTS) is 1. The van der Waals surface area contributed by atoms with Gasteiger partial charge < -0.3 is 10.0 Å². The summed E-state index contributed by atoms with van der Waals surface area (Å²) < 4.78 is 0. The summed E-state index contributed by atoms with van der Waals surface area (Å²) in [4.78, 5) is 24.9.